The molecule has 0 fully saturated rings. The smallest absolute Gasteiger partial charge is 0.0813 e. The SMILES string of the molecule is [NH]=[Pd].[c-]1ccccn1. The molecule has 0 aliphatic rings. The summed E-state index contributed by atoms with van der Waals surface area (Å²) in [7, 11) is 0. The van der Waals surface area contributed by atoms with Gasteiger partial charge in [0.15, 0.2) is 0 Å². The van der Waals surface area contributed by atoms with Crippen LogP contribution in [0.15, 0.2) is 24.4 Å². The summed E-state index contributed by atoms with van der Waals surface area (Å²) < 4.78 is 5.60. The molecule has 0 spiro atoms. The zero-order valence-electron chi connectivity index (χ0n) is 4.07. The Bertz CT molecular complexity index is 93.3. The molecule has 3 heteroatoms. The number of hydrogen-bond acceptors (Lipinski definition) is 2. The van der Waals surface area contributed by atoms with Crippen LogP contribution in [0.3, 0.4) is 0 Å². The molecule has 1 heterocycles. The summed E-state index contributed by atoms with van der Waals surface area (Å²) in [5.74, 6) is 0. The number of aromatic nitrogens is 1. The zero-order valence-corrected chi connectivity index (χ0v) is 5.63. The van der Waals surface area contributed by atoms with Crippen molar-refractivity contribution >= 4 is 0 Å². The molecule has 0 saturated heterocycles. The van der Waals surface area contributed by atoms with Gasteiger partial charge in [0.1, 0.15) is 0 Å². The van der Waals surface area contributed by atoms with E-state index in [2.05, 4.69) is 11.2 Å². The van der Waals surface area contributed by atoms with Crippen LogP contribution in [0.4, 0.5) is 0 Å². The van der Waals surface area contributed by atoms with Gasteiger partial charge in [0, 0.05) is 0 Å². The molecule has 0 aliphatic carbocycles. The van der Waals surface area contributed by atoms with Crippen molar-refractivity contribution in [1.82, 2.24) is 4.98 Å². The van der Waals surface area contributed by atoms with Gasteiger partial charge in [0.05, 0.1) is 0 Å². The van der Waals surface area contributed by atoms with Crippen LogP contribution in [0.2, 0.25) is 0 Å². The third-order valence-electron chi connectivity index (χ3n) is 0.517. The molecule has 1 rings (SSSR count). The van der Waals surface area contributed by atoms with Crippen LogP contribution in [-0.4, -0.2) is 4.98 Å². The van der Waals surface area contributed by atoms with E-state index in [0.717, 1.165) is 0 Å². The number of pyridine rings is 1. The molecule has 0 saturated carbocycles. The van der Waals surface area contributed by atoms with Crippen molar-refractivity contribution in [2.24, 2.45) is 0 Å². The first-order valence-corrected chi connectivity index (χ1v) is 2.71. The van der Waals surface area contributed by atoms with Crippen molar-refractivity contribution < 1.29 is 19.0 Å². The van der Waals surface area contributed by atoms with Crippen LogP contribution < -0.4 is 0 Å². The fourth-order valence-corrected chi connectivity index (χ4v) is 0.277. The Morgan fingerprint density at radius 2 is 2.12 bits per heavy atom. The maximum atomic E-state index is 5.60. The molecule has 1 N–H and O–H groups in total. The van der Waals surface area contributed by atoms with Gasteiger partial charge in [-0.2, -0.15) is 18.2 Å². The number of nitrogens with one attached hydrogen (secondary N) is 1. The number of hydrogen-bond donors (Lipinski definition) is 1. The normalized spacial score (nSPS) is 6.75. The molecule has 1 aromatic rings. The van der Waals surface area contributed by atoms with Crippen molar-refractivity contribution in [3.63, 3.8) is 0 Å². The molecule has 0 aromatic carbocycles. The van der Waals surface area contributed by atoms with Gasteiger partial charge in [-0.15, -0.1) is 0 Å². The summed E-state index contributed by atoms with van der Waals surface area (Å²) in [6.45, 7) is 0. The van der Waals surface area contributed by atoms with E-state index in [0.29, 0.717) is 0 Å². The summed E-state index contributed by atoms with van der Waals surface area (Å²) in [5.41, 5.74) is 0. The van der Waals surface area contributed by atoms with Crippen LogP contribution in [0.5, 0.6) is 0 Å². The summed E-state index contributed by atoms with van der Waals surface area (Å²) in [5, 5.41) is 0. The van der Waals surface area contributed by atoms with Gasteiger partial charge in [-0.25, -0.2) is 0 Å². The van der Waals surface area contributed by atoms with Gasteiger partial charge < -0.3 is 4.98 Å². The minimum absolute atomic E-state index is 1.69. The standard InChI is InChI=1S/C5H4N.HN.Pd/c1-2-4-6-5-3-1;;/h1-4H;1H;/q-1;;. The van der Waals surface area contributed by atoms with Gasteiger partial charge >= 0.3 is 23.0 Å². The molecule has 8 heavy (non-hydrogen) atoms. The molecule has 1 aromatic heterocycles. The first kappa shape index (κ1) is 7.61. The van der Waals surface area contributed by atoms with E-state index >= 15 is 0 Å². The molecule has 0 radical (unpaired) electrons. The Kier molecular flexibility index (Phi) is 6.29. The second kappa shape index (κ2) is 6.61. The van der Waals surface area contributed by atoms with E-state index in [1.165, 1.54) is 0 Å². The van der Waals surface area contributed by atoms with E-state index < -0.39 is 0 Å². The summed E-state index contributed by atoms with van der Waals surface area (Å²) in [6.07, 6.45) is 4.34. The maximum absolute atomic E-state index is 5.60. The van der Waals surface area contributed by atoms with Crippen LogP contribution in [0, 0.1) is 10.2 Å². The molecule has 0 atom stereocenters. The number of nitrogens with zero attached hydrogens (tertiary/aromatic N) is 1. The first-order chi connectivity index (χ1) is 4.00. The third-order valence-corrected chi connectivity index (χ3v) is 0.517. The zero-order chi connectivity index (χ0) is 6.24. The molecule has 0 amide bonds. The van der Waals surface area contributed by atoms with E-state index in [4.69, 9.17) is 3.99 Å². The summed E-state index contributed by atoms with van der Waals surface area (Å²) in [4.78, 5) is 3.66. The molecule has 2 nitrogen and oxygen atoms in total. The Morgan fingerprint density at radius 3 is 2.25 bits per heavy atom. The molecular weight excluding hydrogens is 194 g/mol. The molecule has 0 aliphatic heterocycles. The predicted molar refractivity (Wildman–Crippen MR) is 25.8 cm³/mol. The van der Waals surface area contributed by atoms with Gasteiger partial charge in [-0.3, -0.25) is 0 Å². The van der Waals surface area contributed by atoms with Gasteiger partial charge in [-0.05, 0) is 0 Å². The van der Waals surface area contributed by atoms with Gasteiger partial charge in [0.25, 0.3) is 0 Å². The first-order valence-electron chi connectivity index (χ1n) is 1.93. The monoisotopic (exact) mass is 199 g/mol. The fourth-order valence-electron chi connectivity index (χ4n) is 0.277. The summed E-state index contributed by atoms with van der Waals surface area (Å²) >= 11 is 2.00. The van der Waals surface area contributed by atoms with Crippen LogP contribution >= 0.6 is 0 Å². The Hall–Kier alpha value is -0.388. The van der Waals surface area contributed by atoms with Crippen molar-refractivity contribution in [3.05, 3.63) is 30.6 Å². The fraction of sp³-hybridized carbons (Fsp3) is 0. The molecule has 46 valence electrons. The largest absolute Gasteiger partial charge is 0.394 e. The average Bonchev–Trinajstić information content (AvgIpc) is 1.96. The Balaban J connectivity index is 0.000000222. The predicted octanol–water partition coefficient (Wildman–Crippen LogP) is 1.18. The van der Waals surface area contributed by atoms with Crippen LogP contribution in [-0.2, 0) is 19.0 Å². The third kappa shape index (κ3) is 3.79. The van der Waals surface area contributed by atoms with Crippen molar-refractivity contribution in [2.45, 2.75) is 0 Å². The second-order valence-corrected chi connectivity index (χ2v) is 0.959. The van der Waals surface area contributed by atoms with Crippen LogP contribution in [0.1, 0.15) is 0 Å². The van der Waals surface area contributed by atoms with Gasteiger partial charge in [-0.1, -0.05) is 12.4 Å². The molecule has 0 bridgehead atoms. The molecular formula is C5H5N2Pd-. The Morgan fingerprint density at radius 1 is 1.38 bits per heavy atom. The minimum Gasteiger partial charge on any atom is -0.394 e. The van der Waals surface area contributed by atoms with E-state index in [-0.39, 0.29) is 0 Å². The van der Waals surface area contributed by atoms with E-state index in [1.54, 1.807) is 12.3 Å². The maximum Gasteiger partial charge on any atom is -0.0813 e. The quantitative estimate of drug-likeness (QED) is 0.494. The number of rotatable bonds is 0. The van der Waals surface area contributed by atoms with Crippen molar-refractivity contribution in [3.8, 4) is 0 Å². The minimum atomic E-state index is 1.69. The van der Waals surface area contributed by atoms with E-state index in [1.807, 2.05) is 31.1 Å². The Labute approximate surface area is 59.0 Å². The van der Waals surface area contributed by atoms with Crippen LogP contribution in [0.25, 0.3) is 0 Å². The summed E-state index contributed by atoms with van der Waals surface area (Å²) in [6, 6.07) is 5.50. The van der Waals surface area contributed by atoms with Crippen molar-refractivity contribution in [2.75, 3.05) is 0 Å². The molecule has 0 unspecified atom stereocenters. The van der Waals surface area contributed by atoms with Crippen molar-refractivity contribution in [1.29, 1.82) is 3.99 Å². The van der Waals surface area contributed by atoms with Gasteiger partial charge in [0.2, 0.25) is 0 Å². The topological polar surface area (TPSA) is 36.7 Å². The second-order valence-electron chi connectivity index (χ2n) is 0.959. The average molecular weight is 200 g/mol. The van der Waals surface area contributed by atoms with E-state index in [9.17, 15) is 0 Å².